The minimum Gasteiger partial charge on any atom is -0.356 e. The molecule has 0 aliphatic carbocycles. The molecular weight excluding hydrogens is 240 g/mol. The van der Waals surface area contributed by atoms with Crippen LogP contribution in [-0.4, -0.2) is 44.5 Å². The number of carbonyl (C=O) groups excluding carboxylic acids is 1. The molecule has 0 bridgehead atoms. The predicted molar refractivity (Wildman–Crippen MR) is 69.2 cm³/mol. The number of nitrogens with one attached hydrogen (secondary N) is 1. The van der Waals surface area contributed by atoms with E-state index in [2.05, 4.69) is 5.32 Å². The summed E-state index contributed by atoms with van der Waals surface area (Å²) in [5.74, 6) is 0.376. The van der Waals surface area contributed by atoms with Crippen LogP contribution in [0.4, 0.5) is 0 Å². The summed E-state index contributed by atoms with van der Waals surface area (Å²) in [6, 6.07) is 0. The van der Waals surface area contributed by atoms with Crippen molar-refractivity contribution in [3.8, 4) is 0 Å². The normalized spacial score (nSPS) is 12.1. The first-order valence-electron chi connectivity index (χ1n) is 5.99. The lowest BCUT2D eigenvalue weighted by Gasteiger charge is -2.17. The fraction of sp³-hybridized carbons (Fsp3) is 0.909. The van der Waals surface area contributed by atoms with Crippen molar-refractivity contribution in [1.82, 2.24) is 9.62 Å². The highest BCUT2D eigenvalue weighted by molar-refractivity contribution is 7.88. The van der Waals surface area contributed by atoms with Gasteiger partial charge in [0.2, 0.25) is 15.9 Å². The predicted octanol–water partition coefficient (Wildman–Crippen LogP) is 0.820. The zero-order valence-corrected chi connectivity index (χ0v) is 12.0. The van der Waals surface area contributed by atoms with E-state index in [1.54, 1.807) is 6.92 Å². The van der Waals surface area contributed by atoms with Crippen LogP contribution in [-0.2, 0) is 14.8 Å². The van der Waals surface area contributed by atoms with Gasteiger partial charge >= 0.3 is 0 Å². The van der Waals surface area contributed by atoms with Crippen molar-refractivity contribution in [3.05, 3.63) is 0 Å². The average Bonchev–Trinajstić information content (AvgIpc) is 2.14. The number of nitrogens with zero attached hydrogens (tertiary/aromatic N) is 1. The highest BCUT2D eigenvalue weighted by Gasteiger charge is 2.13. The van der Waals surface area contributed by atoms with Gasteiger partial charge < -0.3 is 5.32 Å². The zero-order valence-electron chi connectivity index (χ0n) is 11.2. The van der Waals surface area contributed by atoms with Gasteiger partial charge in [0, 0.05) is 26.1 Å². The number of amides is 1. The molecule has 0 fully saturated rings. The van der Waals surface area contributed by atoms with E-state index < -0.39 is 10.0 Å². The van der Waals surface area contributed by atoms with Crippen LogP contribution < -0.4 is 5.32 Å². The van der Waals surface area contributed by atoms with Crippen LogP contribution in [0.25, 0.3) is 0 Å². The molecule has 0 spiro atoms. The molecule has 0 aromatic carbocycles. The van der Waals surface area contributed by atoms with Gasteiger partial charge in [-0.05, 0) is 12.3 Å². The molecule has 6 heteroatoms. The van der Waals surface area contributed by atoms with Crippen LogP contribution in [0, 0.1) is 5.92 Å². The fourth-order valence-corrected chi connectivity index (χ4v) is 2.41. The summed E-state index contributed by atoms with van der Waals surface area (Å²) in [5.41, 5.74) is 0. The Hall–Kier alpha value is -0.620. The van der Waals surface area contributed by atoms with Gasteiger partial charge in [-0.2, -0.15) is 0 Å². The van der Waals surface area contributed by atoms with Gasteiger partial charge in [0.15, 0.2) is 0 Å². The van der Waals surface area contributed by atoms with Crippen LogP contribution in [0.1, 0.15) is 33.6 Å². The molecule has 0 aromatic rings. The van der Waals surface area contributed by atoms with Gasteiger partial charge in [-0.15, -0.1) is 0 Å². The molecule has 0 atom stereocenters. The lowest BCUT2D eigenvalue weighted by Crippen LogP contribution is -2.33. The van der Waals surface area contributed by atoms with E-state index in [-0.39, 0.29) is 5.91 Å². The number of rotatable bonds is 8. The molecule has 0 saturated carbocycles. The molecule has 0 saturated heterocycles. The maximum atomic E-state index is 11.3. The molecule has 0 aliphatic heterocycles. The molecule has 0 heterocycles. The topological polar surface area (TPSA) is 66.5 Å². The summed E-state index contributed by atoms with van der Waals surface area (Å²) >= 11 is 0. The van der Waals surface area contributed by atoms with Gasteiger partial charge in [-0.25, -0.2) is 12.7 Å². The second kappa shape index (κ2) is 7.66. The van der Waals surface area contributed by atoms with Crippen molar-refractivity contribution in [2.75, 3.05) is 25.9 Å². The van der Waals surface area contributed by atoms with Gasteiger partial charge in [-0.3, -0.25) is 4.79 Å². The van der Waals surface area contributed by atoms with E-state index in [0.717, 1.165) is 0 Å². The van der Waals surface area contributed by atoms with E-state index in [0.29, 0.717) is 38.4 Å². The maximum absolute atomic E-state index is 11.3. The Kier molecular flexibility index (Phi) is 7.38. The van der Waals surface area contributed by atoms with E-state index in [4.69, 9.17) is 0 Å². The summed E-state index contributed by atoms with van der Waals surface area (Å²) < 4.78 is 24.0. The average molecular weight is 264 g/mol. The van der Waals surface area contributed by atoms with Crippen molar-refractivity contribution in [3.63, 3.8) is 0 Å². The number of hydrogen-bond donors (Lipinski definition) is 1. The minimum atomic E-state index is -3.11. The zero-order chi connectivity index (χ0) is 13.5. The van der Waals surface area contributed by atoms with Gasteiger partial charge in [0.05, 0.1) is 6.26 Å². The summed E-state index contributed by atoms with van der Waals surface area (Å²) in [6.07, 6.45) is 2.36. The Bertz CT molecular complexity index is 326. The first-order chi connectivity index (χ1) is 7.77. The summed E-state index contributed by atoms with van der Waals surface area (Å²) in [6.45, 7) is 7.23. The van der Waals surface area contributed by atoms with Crippen molar-refractivity contribution in [1.29, 1.82) is 0 Å². The Labute approximate surface area is 105 Å². The van der Waals surface area contributed by atoms with Crippen molar-refractivity contribution < 1.29 is 13.2 Å². The fourth-order valence-electron chi connectivity index (χ4n) is 1.48. The molecular formula is C11H24N2O3S. The van der Waals surface area contributed by atoms with Crippen LogP contribution in [0.5, 0.6) is 0 Å². The second-order valence-corrected chi connectivity index (χ2v) is 6.54. The van der Waals surface area contributed by atoms with Gasteiger partial charge in [0.25, 0.3) is 0 Å². The molecule has 0 rings (SSSR count). The molecule has 1 N–H and O–H groups in total. The molecule has 0 unspecified atom stereocenters. The van der Waals surface area contributed by atoms with Crippen molar-refractivity contribution in [2.24, 2.45) is 5.92 Å². The SMILES string of the molecule is CCN(CCCNC(=O)CC(C)C)S(C)(=O)=O. The van der Waals surface area contributed by atoms with Crippen LogP contribution in [0.3, 0.4) is 0 Å². The molecule has 17 heavy (non-hydrogen) atoms. The molecule has 0 radical (unpaired) electrons. The Morgan fingerprint density at radius 1 is 1.35 bits per heavy atom. The third kappa shape index (κ3) is 8.15. The second-order valence-electron chi connectivity index (χ2n) is 4.56. The Morgan fingerprint density at radius 3 is 2.35 bits per heavy atom. The number of carbonyl (C=O) groups is 1. The smallest absolute Gasteiger partial charge is 0.220 e. The maximum Gasteiger partial charge on any atom is 0.220 e. The lowest BCUT2D eigenvalue weighted by molar-refractivity contribution is -0.121. The summed E-state index contributed by atoms with van der Waals surface area (Å²) in [7, 11) is -3.11. The molecule has 102 valence electrons. The third-order valence-electron chi connectivity index (χ3n) is 2.32. The van der Waals surface area contributed by atoms with Gasteiger partial charge in [0.1, 0.15) is 0 Å². The van der Waals surface area contributed by atoms with E-state index in [1.807, 2.05) is 13.8 Å². The number of sulfonamides is 1. The van der Waals surface area contributed by atoms with Crippen LogP contribution in [0.15, 0.2) is 0 Å². The van der Waals surface area contributed by atoms with Crippen LogP contribution >= 0.6 is 0 Å². The lowest BCUT2D eigenvalue weighted by atomic mass is 10.1. The summed E-state index contributed by atoms with van der Waals surface area (Å²) in [5, 5.41) is 2.78. The van der Waals surface area contributed by atoms with Crippen LogP contribution in [0.2, 0.25) is 0 Å². The van der Waals surface area contributed by atoms with Gasteiger partial charge in [-0.1, -0.05) is 20.8 Å². The van der Waals surface area contributed by atoms with E-state index >= 15 is 0 Å². The first-order valence-corrected chi connectivity index (χ1v) is 7.84. The molecule has 5 nitrogen and oxygen atoms in total. The quantitative estimate of drug-likeness (QED) is 0.660. The standard InChI is InChI=1S/C11H24N2O3S/c1-5-13(17(4,15)16)8-6-7-12-11(14)9-10(2)3/h10H,5-9H2,1-4H3,(H,12,14). The molecule has 1 amide bonds. The van der Waals surface area contributed by atoms with E-state index in [9.17, 15) is 13.2 Å². The monoisotopic (exact) mass is 264 g/mol. The Balaban J connectivity index is 3.81. The number of hydrogen-bond acceptors (Lipinski definition) is 3. The first kappa shape index (κ1) is 16.4. The van der Waals surface area contributed by atoms with E-state index in [1.165, 1.54) is 10.6 Å². The summed E-state index contributed by atoms with van der Waals surface area (Å²) in [4.78, 5) is 11.3. The largest absolute Gasteiger partial charge is 0.356 e. The van der Waals surface area contributed by atoms with Crippen molar-refractivity contribution in [2.45, 2.75) is 33.6 Å². The molecule has 0 aromatic heterocycles. The van der Waals surface area contributed by atoms with Crippen molar-refractivity contribution >= 4 is 15.9 Å². The molecule has 0 aliphatic rings. The highest BCUT2D eigenvalue weighted by atomic mass is 32.2. The third-order valence-corrected chi connectivity index (χ3v) is 3.70. The highest BCUT2D eigenvalue weighted by Crippen LogP contribution is 2.00. The Morgan fingerprint density at radius 2 is 1.94 bits per heavy atom. The minimum absolute atomic E-state index is 0.0300.